The van der Waals surface area contributed by atoms with Crippen molar-refractivity contribution in [2.24, 2.45) is 0 Å². The summed E-state index contributed by atoms with van der Waals surface area (Å²) in [5.74, 6) is 0. The van der Waals surface area contributed by atoms with Gasteiger partial charge in [0.2, 0.25) is 0 Å². The smallest absolute Gasteiger partial charge is 0.171 e. The normalized spacial score (nSPS) is 17.9. The van der Waals surface area contributed by atoms with E-state index >= 15 is 0 Å². The van der Waals surface area contributed by atoms with Crippen molar-refractivity contribution in [1.29, 1.82) is 0 Å². The fourth-order valence-corrected chi connectivity index (χ4v) is 2.87. The van der Waals surface area contributed by atoms with Crippen molar-refractivity contribution in [3.63, 3.8) is 0 Å². The first kappa shape index (κ1) is 13.3. The van der Waals surface area contributed by atoms with Gasteiger partial charge in [-0.3, -0.25) is 0 Å². The molecule has 0 amide bonds. The van der Waals surface area contributed by atoms with Gasteiger partial charge in [-0.1, -0.05) is 58.4 Å². The molecule has 1 aliphatic rings. The molecule has 4 heteroatoms. The van der Waals surface area contributed by atoms with Gasteiger partial charge in [0.1, 0.15) is 0 Å². The maximum absolute atomic E-state index is 5.32. The van der Waals surface area contributed by atoms with Crippen molar-refractivity contribution in [1.82, 2.24) is 10.6 Å². The molecular weight excluding hydrogens is 332 g/mol. The molecule has 2 nitrogen and oxygen atoms in total. The number of benzene rings is 2. The summed E-state index contributed by atoms with van der Waals surface area (Å²) in [6, 6.07) is 18.5. The summed E-state index contributed by atoms with van der Waals surface area (Å²) in [4.78, 5) is 0. The van der Waals surface area contributed by atoms with Crippen LogP contribution in [0.25, 0.3) is 5.70 Å². The van der Waals surface area contributed by atoms with Crippen molar-refractivity contribution in [3.8, 4) is 0 Å². The number of hydrogen-bond acceptors (Lipinski definition) is 1. The van der Waals surface area contributed by atoms with Crippen molar-refractivity contribution in [2.75, 3.05) is 0 Å². The first-order chi connectivity index (χ1) is 9.72. The van der Waals surface area contributed by atoms with Crippen LogP contribution in [0.1, 0.15) is 17.2 Å². The average molecular weight is 345 g/mol. The lowest BCUT2D eigenvalue weighted by Crippen LogP contribution is -2.40. The zero-order valence-electron chi connectivity index (χ0n) is 10.6. The van der Waals surface area contributed by atoms with Gasteiger partial charge in [0.15, 0.2) is 5.11 Å². The molecule has 0 spiro atoms. The molecule has 1 aliphatic heterocycles. The Morgan fingerprint density at radius 2 is 1.80 bits per heavy atom. The summed E-state index contributed by atoms with van der Waals surface area (Å²) in [6.07, 6.45) is 2.16. The fraction of sp³-hybridized carbons (Fsp3) is 0.0625. The molecular formula is C16H13BrN2S. The minimum atomic E-state index is 0.0801. The quantitative estimate of drug-likeness (QED) is 0.805. The van der Waals surface area contributed by atoms with Gasteiger partial charge in [0, 0.05) is 10.2 Å². The Kier molecular flexibility index (Phi) is 3.85. The number of halogens is 1. The topological polar surface area (TPSA) is 24.1 Å². The van der Waals surface area contributed by atoms with E-state index < -0.39 is 0 Å². The number of rotatable bonds is 2. The van der Waals surface area contributed by atoms with E-state index in [1.54, 1.807) is 0 Å². The van der Waals surface area contributed by atoms with E-state index in [-0.39, 0.29) is 6.04 Å². The van der Waals surface area contributed by atoms with Crippen LogP contribution in [0.15, 0.2) is 65.1 Å². The molecule has 0 fully saturated rings. The van der Waals surface area contributed by atoms with E-state index in [9.17, 15) is 0 Å². The van der Waals surface area contributed by atoms with Crippen LogP contribution in [0.2, 0.25) is 0 Å². The van der Waals surface area contributed by atoms with E-state index in [1.165, 1.54) is 5.56 Å². The fourth-order valence-electron chi connectivity index (χ4n) is 2.22. The highest BCUT2D eigenvalue weighted by atomic mass is 79.9. The molecule has 100 valence electrons. The Balaban J connectivity index is 1.98. The Hall–Kier alpha value is -1.65. The monoisotopic (exact) mass is 344 g/mol. The van der Waals surface area contributed by atoms with Gasteiger partial charge in [-0.25, -0.2) is 0 Å². The summed E-state index contributed by atoms with van der Waals surface area (Å²) in [6.45, 7) is 0. The van der Waals surface area contributed by atoms with Crippen LogP contribution < -0.4 is 10.6 Å². The Labute approximate surface area is 132 Å². The minimum absolute atomic E-state index is 0.0801. The SMILES string of the molecule is S=C1NC(c2ccccc2)=CC(c2cccc(Br)c2)N1. The molecule has 1 heterocycles. The maximum atomic E-state index is 5.32. The molecule has 0 aromatic heterocycles. The second kappa shape index (κ2) is 5.77. The van der Waals surface area contributed by atoms with Crippen molar-refractivity contribution in [2.45, 2.75) is 6.04 Å². The first-order valence-electron chi connectivity index (χ1n) is 6.32. The lowest BCUT2D eigenvalue weighted by atomic mass is 10.0. The van der Waals surface area contributed by atoms with Gasteiger partial charge in [-0.15, -0.1) is 0 Å². The van der Waals surface area contributed by atoms with Crippen LogP contribution in [0.4, 0.5) is 0 Å². The second-order valence-corrected chi connectivity index (χ2v) is 5.90. The van der Waals surface area contributed by atoms with Crippen LogP contribution in [0, 0.1) is 0 Å². The van der Waals surface area contributed by atoms with Gasteiger partial charge in [-0.2, -0.15) is 0 Å². The molecule has 20 heavy (non-hydrogen) atoms. The number of nitrogens with one attached hydrogen (secondary N) is 2. The van der Waals surface area contributed by atoms with E-state index in [2.05, 4.69) is 56.9 Å². The maximum Gasteiger partial charge on any atom is 0.171 e. The molecule has 2 N–H and O–H groups in total. The summed E-state index contributed by atoms with van der Waals surface area (Å²) in [5, 5.41) is 7.15. The van der Waals surface area contributed by atoms with Crippen molar-refractivity contribution < 1.29 is 0 Å². The molecule has 0 radical (unpaired) electrons. The highest BCUT2D eigenvalue weighted by Gasteiger charge is 2.18. The largest absolute Gasteiger partial charge is 0.352 e. The predicted octanol–water partition coefficient (Wildman–Crippen LogP) is 4.01. The molecule has 0 aliphatic carbocycles. The Morgan fingerprint density at radius 1 is 1.00 bits per heavy atom. The molecule has 0 saturated carbocycles. The van der Waals surface area contributed by atoms with Crippen LogP contribution in [0.5, 0.6) is 0 Å². The number of thiocarbonyl (C=S) groups is 1. The van der Waals surface area contributed by atoms with E-state index in [4.69, 9.17) is 12.2 Å². The summed E-state index contributed by atoms with van der Waals surface area (Å²) in [7, 11) is 0. The van der Waals surface area contributed by atoms with Crippen LogP contribution in [-0.4, -0.2) is 5.11 Å². The van der Waals surface area contributed by atoms with Gasteiger partial charge in [-0.05, 0) is 41.6 Å². The predicted molar refractivity (Wildman–Crippen MR) is 90.2 cm³/mol. The van der Waals surface area contributed by atoms with E-state index in [0.717, 1.165) is 15.7 Å². The summed E-state index contributed by atoms with van der Waals surface area (Å²) in [5.41, 5.74) is 3.35. The third-order valence-corrected chi connectivity index (χ3v) is 3.87. The minimum Gasteiger partial charge on any atom is -0.352 e. The van der Waals surface area contributed by atoms with Gasteiger partial charge in [0.05, 0.1) is 6.04 Å². The lowest BCUT2D eigenvalue weighted by Gasteiger charge is -2.26. The van der Waals surface area contributed by atoms with Crippen LogP contribution in [-0.2, 0) is 0 Å². The average Bonchev–Trinajstić information content (AvgIpc) is 2.47. The summed E-state index contributed by atoms with van der Waals surface area (Å²) >= 11 is 8.82. The molecule has 0 bridgehead atoms. The first-order valence-corrected chi connectivity index (χ1v) is 7.53. The Bertz CT molecular complexity index is 667. The van der Waals surface area contributed by atoms with Crippen LogP contribution >= 0.6 is 28.1 Å². The third kappa shape index (κ3) is 2.92. The number of hydrogen-bond donors (Lipinski definition) is 2. The van der Waals surface area contributed by atoms with E-state index in [1.807, 2.05) is 30.3 Å². The highest BCUT2D eigenvalue weighted by molar-refractivity contribution is 9.10. The zero-order valence-corrected chi connectivity index (χ0v) is 13.0. The molecule has 2 aromatic carbocycles. The molecule has 1 unspecified atom stereocenters. The van der Waals surface area contributed by atoms with Crippen molar-refractivity contribution in [3.05, 3.63) is 76.3 Å². The van der Waals surface area contributed by atoms with Gasteiger partial charge in [0.25, 0.3) is 0 Å². The molecule has 0 saturated heterocycles. The van der Waals surface area contributed by atoms with E-state index in [0.29, 0.717) is 5.11 Å². The standard InChI is InChI=1S/C16H13BrN2S/c17-13-8-4-7-12(9-13)15-10-14(18-16(20)19-15)11-5-2-1-3-6-11/h1-10,15H,(H2,18,19,20). The lowest BCUT2D eigenvalue weighted by molar-refractivity contribution is 0.765. The second-order valence-electron chi connectivity index (χ2n) is 4.58. The molecule has 3 rings (SSSR count). The summed E-state index contributed by atoms with van der Waals surface area (Å²) < 4.78 is 1.07. The highest BCUT2D eigenvalue weighted by Crippen LogP contribution is 2.25. The molecule has 2 aromatic rings. The molecule has 1 atom stereocenters. The van der Waals surface area contributed by atoms with Gasteiger partial charge >= 0.3 is 0 Å². The van der Waals surface area contributed by atoms with Gasteiger partial charge < -0.3 is 10.6 Å². The van der Waals surface area contributed by atoms with Crippen molar-refractivity contribution >= 4 is 39.0 Å². The Morgan fingerprint density at radius 3 is 2.55 bits per heavy atom. The zero-order chi connectivity index (χ0) is 13.9. The third-order valence-electron chi connectivity index (χ3n) is 3.16. The van der Waals surface area contributed by atoms with Crippen LogP contribution in [0.3, 0.4) is 0 Å².